The lowest BCUT2D eigenvalue weighted by atomic mass is 9.97. The molecule has 2 atom stereocenters. The molecule has 10 nitrogen and oxygen atoms in total. The van der Waals surface area contributed by atoms with Crippen LogP contribution in [-0.4, -0.2) is 59.6 Å². The van der Waals surface area contributed by atoms with Crippen molar-refractivity contribution >= 4 is 22.3 Å². The van der Waals surface area contributed by atoms with Crippen LogP contribution in [0.15, 0.2) is 0 Å². The SMILES string of the molecule is O=C(NOC1CCC1)[C@@H]1CCC2CN1C(=O)N2OS(=O)(=O)O. The lowest BCUT2D eigenvalue weighted by molar-refractivity contribution is -0.148. The maximum atomic E-state index is 12.1. The molecule has 2 heterocycles. The Morgan fingerprint density at radius 3 is 2.59 bits per heavy atom. The molecule has 3 fully saturated rings. The zero-order valence-corrected chi connectivity index (χ0v) is 12.5. The largest absolute Gasteiger partial charge is 0.418 e. The minimum atomic E-state index is -4.78. The van der Waals surface area contributed by atoms with Crippen molar-refractivity contribution < 1.29 is 31.7 Å². The van der Waals surface area contributed by atoms with Crippen LogP contribution in [0.5, 0.6) is 0 Å². The third-order valence-electron chi connectivity index (χ3n) is 4.18. The smallest absolute Gasteiger partial charge is 0.309 e. The molecule has 1 aliphatic carbocycles. The number of hydroxylamine groups is 3. The average Bonchev–Trinajstić information content (AvgIpc) is 2.61. The van der Waals surface area contributed by atoms with Crippen LogP contribution in [0.1, 0.15) is 32.1 Å². The van der Waals surface area contributed by atoms with E-state index in [9.17, 15) is 18.0 Å². The highest BCUT2D eigenvalue weighted by Crippen LogP contribution is 2.31. The molecule has 22 heavy (non-hydrogen) atoms. The first-order valence-corrected chi connectivity index (χ1v) is 8.44. The Labute approximate surface area is 127 Å². The maximum Gasteiger partial charge on any atom is 0.418 e. The number of rotatable bonds is 5. The third-order valence-corrected chi connectivity index (χ3v) is 4.53. The number of hydrogen-bond acceptors (Lipinski definition) is 6. The molecule has 0 aromatic carbocycles. The second kappa shape index (κ2) is 5.65. The number of nitrogens with zero attached hydrogens (tertiary/aromatic N) is 2. The first-order valence-electron chi connectivity index (χ1n) is 7.07. The number of fused-ring (bicyclic) bond motifs is 2. The molecule has 1 saturated carbocycles. The number of carbonyl (C=O) groups excluding carboxylic acids is 2. The fraction of sp³-hybridized carbons (Fsp3) is 0.818. The number of piperidine rings is 1. The van der Waals surface area contributed by atoms with Gasteiger partial charge in [-0.2, -0.15) is 13.5 Å². The molecular formula is C11H17N3O7S. The predicted molar refractivity (Wildman–Crippen MR) is 70.3 cm³/mol. The molecule has 2 N–H and O–H groups in total. The van der Waals surface area contributed by atoms with Gasteiger partial charge in [0.1, 0.15) is 6.04 Å². The number of carbonyl (C=O) groups is 2. The molecule has 3 amide bonds. The lowest BCUT2D eigenvalue weighted by Gasteiger charge is -2.30. The van der Waals surface area contributed by atoms with Gasteiger partial charge in [0.05, 0.1) is 12.1 Å². The van der Waals surface area contributed by atoms with Crippen LogP contribution >= 0.6 is 0 Å². The van der Waals surface area contributed by atoms with E-state index >= 15 is 0 Å². The fourth-order valence-electron chi connectivity index (χ4n) is 2.80. The van der Waals surface area contributed by atoms with E-state index < -0.39 is 34.4 Å². The van der Waals surface area contributed by atoms with Gasteiger partial charge in [-0.1, -0.05) is 0 Å². The summed E-state index contributed by atoms with van der Waals surface area (Å²) >= 11 is 0. The summed E-state index contributed by atoms with van der Waals surface area (Å²) in [4.78, 5) is 30.7. The monoisotopic (exact) mass is 335 g/mol. The van der Waals surface area contributed by atoms with E-state index in [1.165, 1.54) is 4.90 Å². The van der Waals surface area contributed by atoms with Crippen LogP contribution in [0.25, 0.3) is 0 Å². The Kier molecular flexibility index (Phi) is 3.97. The number of hydrogen-bond donors (Lipinski definition) is 2. The van der Waals surface area contributed by atoms with Crippen LogP contribution in [0.3, 0.4) is 0 Å². The Morgan fingerprint density at radius 1 is 1.27 bits per heavy atom. The Balaban J connectivity index is 1.62. The molecule has 0 radical (unpaired) electrons. The molecule has 3 rings (SSSR count). The summed E-state index contributed by atoms with van der Waals surface area (Å²) in [5.41, 5.74) is 2.36. The van der Waals surface area contributed by atoms with Crippen LogP contribution in [0, 0.1) is 0 Å². The summed E-state index contributed by atoms with van der Waals surface area (Å²) in [7, 11) is -4.78. The van der Waals surface area contributed by atoms with Crippen molar-refractivity contribution in [3.8, 4) is 0 Å². The molecule has 11 heteroatoms. The standard InChI is InChI=1S/C11H17N3O7S/c15-10(12-20-8-2-1-3-8)9-5-4-7-6-13(9)11(16)14(7)21-22(17,18)19/h7-9H,1-6H2,(H,12,15)(H,17,18,19)/t7?,9-/m0/s1. The number of urea groups is 1. The second-order valence-electron chi connectivity index (χ2n) is 5.65. The second-order valence-corrected chi connectivity index (χ2v) is 6.65. The van der Waals surface area contributed by atoms with E-state index in [-0.39, 0.29) is 12.6 Å². The molecule has 2 saturated heterocycles. The van der Waals surface area contributed by atoms with Gasteiger partial charge >= 0.3 is 16.4 Å². The summed E-state index contributed by atoms with van der Waals surface area (Å²) in [5.74, 6) is -0.438. The van der Waals surface area contributed by atoms with Crippen LogP contribution in [0.4, 0.5) is 4.79 Å². The van der Waals surface area contributed by atoms with E-state index in [0.717, 1.165) is 19.3 Å². The van der Waals surface area contributed by atoms with Crippen LogP contribution < -0.4 is 5.48 Å². The minimum absolute atomic E-state index is 0.0222. The van der Waals surface area contributed by atoms with E-state index in [4.69, 9.17) is 9.39 Å². The highest BCUT2D eigenvalue weighted by atomic mass is 32.3. The van der Waals surface area contributed by atoms with Gasteiger partial charge in [-0.25, -0.2) is 10.3 Å². The topological polar surface area (TPSA) is 125 Å². The van der Waals surface area contributed by atoms with Crippen molar-refractivity contribution in [3.05, 3.63) is 0 Å². The van der Waals surface area contributed by atoms with Gasteiger partial charge in [-0.3, -0.25) is 14.2 Å². The van der Waals surface area contributed by atoms with Crippen molar-refractivity contribution in [2.45, 2.75) is 50.3 Å². The van der Waals surface area contributed by atoms with Gasteiger partial charge in [0.25, 0.3) is 5.91 Å². The van der Waals surface area contributed by atoms with Crippen molar-refractivity contribution in [1.82, 2.24) is 15.4 Å². The van der Waals surface area contributed by atoms with Gasteiger partial charge in [-0.15, -0.1) is 4.28 Å². The number of nitrogens with one attached hydrogen (secondary N) is 1. The Hall–Kier alpha value is -1.43. The molecule has 2 aliphatic heterocycles. The lowest BCUT2D eigenvalue weighted by Crippen LogP contribution is -2.50. The predicted octanol–water partition coefficient (Wildman–Crippen LogP) is -0.410. The summed E-state index contributed by atoms with van der Waals surface area (Å²) in [6, 6.07) is -2.01. The van der Waals surface area contributed by atoms with Gasteiger partial charge < -0.3 is 4.90 Å². The summed E-state index contributed by atoms with van der Waals surface area (Å²) in [6.07, 6.45) is 3.63. The average molecular weight is 335 g/mol. The van der Waals surface area contributed by atoms with E-state index in [1.54, 1.807) is 0 Å². The summed E-state index contributed by atoms with van der Waals surface area (Å²) < 4.78 is 34.5. The number of amides is 3. The maximum absolute atomic E-state index is 12.1. The summed E-state index contributed by atoms with van der Waals surface area (Å²) in [6.45, 7) is 0.163. The summed E-state index contributed by atoms with van der Waals surface area (Å²) in [5, 5.41) is 0.607. The Bertz CT molecular complexity index is 576. The quantitative estimate of drug-likeness (QED) is 0.517. The van der Waals surface area contributed by atoms with Gasteiger partial charge in [-0.05, 0) is 32.1 Å². The van der Waals surface area contributed by atoms with E-state index in [0.29, 0.717) is 17.9 Å². The van der Waals surface area contributed by atoms with Crippen LogP contribution in [-0.2, 0) is 24.3 Å². The van der Waals surface area contributed by atoms with Crippen molar-refractivity contribution in [2.75, 3.05) is 6.54 Å². The minimum Gasteiger partial charge on any atom is -0.309 e. The van der Waals surface area contributed by atoms with Gasteiger partial charge in [0.15, 0.2) is 0 Å². The van der Waals surface area contributed by atoms with Gasteiger partial charge in [0, 0.05) is 6.54 Å². The van der Waals surface area contributed by atoms with Crippen LogP contribution in [0.2, 0.25) is 0 Å². The zero-order chi connectivity index (χ0) is 15.9. The highest BCUT2D eigenvalue weighted by Gasteiger charge is 2.49. The molecule has 1 unspecified atom stereocenters. The fourth-order valence-corrected chi connectivity index (χ4v) is 3.19. The zero-order valence-electron chi connectivity index (χ0n) is 11.7. The van der Waals surface area contributed by atoms with Crippen molar-refractivity contribution in [2.24, 2.45) is 0 Å². The van der Waals surface area contributed by atoms with E-state index in [1.807, 2.05) is 0 Å². The third kappa shape index (κ3) is 3.02. The molecule has 3 aliphatic rings. The molecule has 0 aromatic heterocycles. The Morgan fingerprint density at radius 2 is 2.00 bits per heavy atom. The van der Waals surface area contributed by atoms with E-state index in [2.05, 4.69) is 9.76 Å². The van der Waals surface area contributed by atoms with Gasteiger partial charge in [0.2, 0.25) is 0 Å². The normalized spacial score (nSPS) is 28.7. The molecule has 124 valence electrons. The molecule has 2 bridgehead atoms. The van der Waals surface area contributed by atoms with Crippen molar-refractivity contribution in [1.29, 1.82) is 0 Å². The molecule has 0 spiro atoms. The highest BCUT2D eigenvalue weighted by molar-refractivity contribution is 7.80. The first-order chi connectivity index (χ1) is 10.3. The van der Waals surface area contributed by atoms with Crippen molar-refractivity contribution in [3.63, 3.8) is 0 Å². The molecule has 0 aromatic rings. The first kappa shape index (κ1) is 15.5. The molecular weight excluding hydrogens is 318 g/mol.